The molecule has 0 fully saturated rings. The van der Waals surface area contributed by atoms with Crippen molar-refractivity contribution < 1.29 is 9.72 Å². The molecule has 1 unspecified atom stereocenters. The van der Waals surface area contributed by atoms with E-state index in [4.69, 9.17) is 0 Å². The fraction of sp³-hybridized carbons (Fsp3) is 0.562. The zero-order valence-corrected chi connectivity index (χ0v) is 14.7. The van der Waals surface area contributed by atoms with Crippen molar-refractivity contribution in [3.63, 3.8) is 0 Å². The van der Waals surface area contributed by atoms with Crippen molar-refractivity contribution in [3.05, 3.63) is 39.9 Å². The summed E-state index contributed by atoms with van der Waals surface area (Å²) in [5.41, 5.74) is 0.879. The van der Waals surface area contributed by atoms with Gasteiger partial charge >= 0.3 is 0 Å². The van der Waals surface area contributed by atoms with E-state index in [0.717, 1.165) is 12.0 Å². The van der Waals surface area contributed by atoms with Crippen LogP contribution in [0.25, 0.3) is 0 Å². The molecular weight excluding hydrogens is 310 g/mol. The number of benzene rings is 1. The first kappa shape index (κ1) is 20.0. The molecule has 8 heteroatoms. The average molecular weight is 337 g/mol. The quantitative estimate of drug-likeness (QED) is 0.291. The maximum atomic E-state index is 12.1. The lowest BCUT2D eigenvalue weighted by Gasteiger charge is -2.33. The molecule has 0 bridgehead atoms. The Morgan fingerprint density at radius 3 is 2.17 bits per heavy atom. The van der Waals surface area contributed by atoms with Crippen LogP contribution < -0.4 is 21.3 Å². The fourth-order valence-corrected chi connectivity index (χ4v) is 2.55. The van der Waals surface area contributed by atoms with Gasteiger partial charge in [0.2, 0.25) is 5.91 Å². The van der Waals surface area contributed by atoms with Crippen LogP contribution in [0.5, 0.6) is 0 Å². The van der Waals surface area contributed by atoms with E-state index in [9.17, 15) is 14.9 Å². The first-order valence-corrected chi connectivity index (χ1v) is 7.98. The number of nitrogens with zero attached hydrogens (tertiary/aromatic N) is 1. The summed E-state index contributed by atoms with van der Waals surface area (Å²) in [7, 11) is 5.55. The van der Waals surface area contributed by atoms with Gasteiger partial charge < -0.3 is 5.32 Å². The molecule has 0 spiro atoms. The predicted octanol–water partition coefficient (Wildman–Crippen LogP) is 1.25. The van der Waals surface area contributed by atoms with Crippen molar-refractivity contribution >= 4 is 11.6 Å². The molecule has 1 amide bonds. The van der Waals surface area contributed by atoms with E-state index in [1.807, 2.05) is 28.1 Å². The number of rotatable bonds is 10. The molecule has 1 atom stereocenters. The van der Waals surface area contributed by atoms with E-state index < -0.39 is 4.92 Å². The van der Waals surface area contributed by atoms with Crippen LogP contribution in [0.2, 0.25) is 0 Å². The van der Waals surface area contributed by atoms with Gasteiger partial charge in [-0.1, -0.05) is 12.1 Å². The molecule has 0 aliphatic rings. The van der Waals surface area contributed by atoms with Crippen molar-refractivity contribution in [2.24, 2.45) is 0 Å². The van der Waals surface area contributed by atoms with E-state index in [0.29, 0.717) is 12.8 Å². The first-order valence-electron chi connectivity index (χ1n) is 7.98. The average Bonchev–Trinajstić information content (AvgIpc) is 2.59. The molecule has 8 nitrogen and oxygen atoms in total. The van der Waals surface area contributed by atoms with E-state index in [1.165, 1.54) is 12.1 Å². The summed E-state index contributed by atoms with van der Waals surface area (Å²) in [4.78, 5) is 22.3. The van der Waals surface area contributed by atoms with Crippen LogP contribution in [-0.2, 0) is 4.79 Å². The monoisotopic (exact) mass is 337 g/mol. The van der Waals surface area contributed by atoms with Gasteiger partial charge in [0.05, 0.1) is 11.0 Å². The smallest absolute Gasteiger partial charge is 0.269 e. The lowest BCUT2D eigenvalue weighted by molar-refractivity contribution is -0.384. The van der Waals surface area contributed by atoms with Gasteiger partial charge in [0, 0.05) is 18.6 Å². The maximum absolute atomic E-state index is 12.1. The van der Waals surface area contributed by atoms with E-state index in [1.54, 1.807) is 12.1 Å². The zero-order chi connectivity index (χ0) is 18.2. The highest BCUT2D eigenvalue weighted by atomic mass is 16.6. The maximum Gasteiger partial charge on any atom is 0.269 e. The molecular formula is C16H27N5O3. The normalized spacial score (nSPS) is 12.7. The minimum atomic E-state index is -0.440. The molecule has 0 aromatic heterocycles. The van der Waals surface area contributed by atoms with Crippen LogP contribution in [0.15, 0.2) is 24.3 Å². The lowest BCUT2D eigenvalue weighted by Crippen LogP contribution is -2.63. The fourth-order valence-electron chi connectivity index (χ4n) is 2.55. The van der Waals surface area contributed by atoms with E-state index >= 15 is 0 Å². The number of hydrogen-bond acceptors (Lipinski definition) is 6. The van der Waals surface area contributed by atoms with Gasteiger partial charge in [-0.15, -0.1) is 0 Å². The van der Waals surface area contributed by atoms with Crippen molar-refractivity contribution in [1.82, 2.24) is 21.3 Å². The molecule has 134 valence electrons. The number of carbonyl (C=O) groups is 1. The van der Waals surface area contributed by atoms with Crippen LogP contribution in [0, 0.1) is 10.1 Å². The third kappa shape index (κ3) is 5.55. The molecule has 0 saturated heterocycles. The Balaban J connectivity index is 2.48. The number of nitro groups is 1. The summed E-state index contributed by atoms with van der Waals surface area (Å²) in [5, 5.41) is 23.1. The summed E-state index contributed by atoms with van der Waals surface area (Å²) < 4.78 is 0. The number of non-ortho nitro benzene ring substituents is 1. The summed E-state index contributed by atoms with van der Waals surface area (Å²) in [6.07, 6.45) is 1.86. The number of hydrogen-bond donors (Lipinski definition) is 4. The van der Waals surface area contributed by atoms with Crippen molar-refractivity contribution in [3.8, 4) is 0 Å². The third-order valence-corrected chi connectivity index (χ3v) is 4.22. The Bertz CT molecular complexity index is 535. The first-order chi connectivity index (χ1) is 11.4. The number of nitro benzene ring substituents is 1. The largest absolute Gasteiger partial charge is 0.350 e. The molecule has 24 heavy (non-hydrogen) atoms. The van der Waals surface area contributed by atoms with Crippen molar-refractivity contribution in [1.29, 1.82) is 0 Å². The number of nitrogens with one attached hydrogen (secondary N) is 4. The molecule has 0 saturated carbocycles. The summed E-state index contributed by atoms with van der Waals surface area (Å²) in [6, 6.07) is 6.02. The second-order valence-electron chi connectivity index (χ2n) is 5.65. The summed E-state index contributed by atoms with van der Waals surface area (Å²) >= 11 is 0. The van der Waals surface area contributed by atoms with Gasteiger partial charge in [-0.2, -0.15) is 0 Å². The highest BCUT2D eigenvalue weighted by Gasteiger charge is 2.23. The van der Waals surface area contributed by atoms with Crippen LogP contribution in [-0.4, -0.2) is 37.8 Å². The highest BCUT2D eigenvalue weighted by Crippen LogP contribution is 2.17. The molecule has 1 aromatic rings. The molecule has 0 aliphatic heterocycles. The summed E-state index contributed by atoms with van der Waals surface area (Å²) in [6.45, 7) is 1.86. The lowest BCUT2D eigenvalue weighted by atomic mass is 10.1. The molecule has 0 heterocycles. The van der Waals surface area contributed by atoms with Gasteiger partial charge in [0.15, 0.2) is 0 Å². The minimum Gasteiger partial charge on any atom is -0.350 e. The number of amides is 1. The second-order valence-corrected chi connectivity index (χ2v) is 5.65. The Hall–Kier alpha value is -2.03. The standard InChI is InChI=1S/C16H27N5O3/c1-12(13-7-9-14(10-8-13)21(23)24)20-15(22)6-5-11-16(17-2,18-3)19-4/h7-10,12,17-19H,5-6,11H2,1-4H3,(H,20,22). The van der Waals surface area contributed by atoms with Gasteiger partial charge in [0.25, 0.3) is 5.69 Å². The Labute approximate surface area is 142 Å². The Morgan fingerprint density at radius 1 is 1.17 bits per heavy atom. The van der Waals surface area contributed by atoms with Gasteiger partial charge in [-0.25, -0.2) is 0 Å². The molecule has 0 radical (unpaired) electrons. The van der Waals surface area contributed by atoms with E-state index in [-0.39, 0.29) is 23.4 Å². The zero-order valence-electron chi connectivity index (χ0n) is 14.7. The minimum absolute atomic E-state index is 0.0415. The second kappa shape index (κ2) is 9.31. The van der Waals surface area contributed by atoms with Gasteiger partial charge in [0.1, 0.15) is 5.79 Å². The molecule has 1 rings (SSSR count). The number of carbonyl (C=O) groups excluding carboxylic acids is 1. The van der Waals surface area contributed by atoms with Crippen LogP contribution in [0.1, 0.15) is 37.8 Å². The Morgan fingerprint density at radius 2 is 1.71 bits per heavy atom. The van der Waals surface area contributed by atoms with Crippen molar-refractivity contribution in [2.45, 2.75) is 38.0 Å². The van der Waals surface area contributed by atoms with Crippen molar-refractivity contribution in [2.75, 3.05) is 21.1 Å². The van der Waals surface area contributed by atoms with Crippen LogP contribution in [0.4, 0.5) is 5.69 Å². The van der Waals surface area contributed by atoms with Gasteiger partial charge in [-0.05, 0) is 46.5 Å². The van der Waals surface area contributed by atoms with E-state index in [2.05, 4.69) is 21.3 Å². The summed E-state index contributed by atoms with van der Waals surface area (Å²) in [5.74, 6) is -0.428. The SMILES string of the molecule is CNC(CCCC(=O)NC(C)c1ccc([N+](=O)[O-])cc1)(NC)NC. The molecule has 1 aromatic carbocycles. The van der Waals surface area contributed by atoms with Gasteiger partial charge in [-0.3, -0.25) is 30.9 Å². The van der Waals surface area contributed by atoms with Crippen LogP contribution in [0.3, 0.4) is 0 Å². The third-order valence-electron chi connectivity index (χ3n) is 4.22. The predicted molar refractivity (Wildman–Crippen MR) is 93.4 cm³/mol. The molecule has 0 aliphatic carbocycles. The highest BCUT2D eigenvalue weighted by molar-refractivity contribution is 5.76. The van der Waals surface area contributed by atoms with Crippen LogP contribution >= 0.6 is 0 Å². The molecule has 4 N–H and O–H groups in total. The topological polar surface area (TPSA) is 108 Å². The Kier molecular flexibility index (Phi) is 7.76.